The van der Waals surface area contributed by atoms with Crippen LogP contribution < -0.4 is 5.32 Å². The number of rotatable bonds is 4. The van der Waals surface area contributed by atoms with E-state index in [1.165, 1.54) is 4.31 Å². The fourth-order valence-corrected chi connectivity index (χ4v) is 5.39. The van der Waals surface area contributed by atoms with Crippen LogP contribution in [0.5, 0.6) is 0 Å². The molecule has 0 saturated carbocycles. The molecule has 0 aliphatic carbocycles. The van der Waals surface area contributed by atoms with Crippen molar-refractivity contribution in [1.29, 1.82) is 0 Å². The highest BCUT2D eigenvalue weighted by molar-refractivity contribution is 7.89. The van der Waals surface area contributed by atoms with Crippen molar-refractivity contribution in [3.8, 4) is 0 Å². The van der Waals surface area contributed by atoms with E-state index in [1.807, 2.05) is 0 Å². The van der Waals surface area contributed by atoms with Gasteiger partial charge in [-0.2, -0.15) is 4.31 Å². The summed E-state index contributed by atoms with van der Waals surface area (Å²) in [4.78, 5) is 14.4. The molecule has 0 aromatic carbocycles. The van der Waals surface area contributed by atoms with Gasteiger partial charge in [0.2, 0.25) is 15.9 Å². The monoisotopic (exact) mass is 370 g/mol. The molecule has 3 rings (SSSR count). The molecule has 1 amide bonds. The molecule has 2 aliphatic rings. The van der Waals surface area contributed by atoms with Crippen LogP contribution in [0.3, 0.4) is 0 Å². The summed E-state index contributed by atoms with van der Waals surface area (Å²) in [6, 6.07) is 0.262. The predicted octanol–water partition coefficient (Wildman–Crippen LogP) is 0.657. The number of nitrogens with one attached hydrogen (secondary N) is 1. The first-order chi connectivity index (χ1) is 11.9. The molecule has 3 heterocycles. The maximum Gasteiger partial charge on any atom is 0.248 e. The van der Waals surface area contributed by atoms with Crippen LogP contribution in [0.15, 0.2) is 9.42 Å². The molecular weight excluding hydrogens is 344 g/mol. The molecule has 140 valence electrons. The van der Waals surface area contributed by atoms with E-state index in [0.717, 1.165) is 19.4 Å². The van der Waals surface area contributed by atoms with E-state index >= 15 is 0 Å². The number of aromatic nitrogens is 1. The Hall–Kier alpha value is -1.45. The Morgan fingerprint density at radius 3 is 2.68 bits per heavy atom. The molecule has 2 saturated heterocycles. The van der Waals surface area contributed by atoms with Crippen LogP contribution in [-0.4, -0.2) is 67.5 Å². The average molecular weight is 370 g/mol. The van der Waals surface area contributed by atoms with Crippen molar-refractivity contribution in [2.75, 3.05) is 32.7 Å². The third-order valence-corrected chi connectivity index (χ3v) is 7.10. The minimum Gasteiger partial charge on any atom is -0.360 e. The summed E-state index contributed by atoms with van der Waals surface area (Å²) in [5.74, 6) is 0.415. The van der Waals surface area contributed by atoms with Gasteiger partial charge in [-0.3, -0.25) is 4.79 Å². The van der Waals surface area contributed by atoms with E-state index in [1.54, 1.807) is 18.7 Å². The summed E-state index contributed by atoms with van der Waals surface area (Å²) in [6.07, 6.45) is 3.27. The van der Waals surface area contributed by atoms with Crippen LogP contribution >= 0.6 is 0 Å². The van der Waals surface area contributed by atoms with Crippen LogP contribution in [0.2, 0.25) is 0 Å². The van der Waals surface area contributed by atoms with Gasteiger partial charge in [-0.05, 0) is 39.7 Å². The van der Waals surface area contributed by atoms with E-state index < -0.39 is 10.0 Å². The fourth-order valence-electron chi connectivity index (χ4n) is 3.63. The first-order valence-corrected chi connectivity index (χ1v) is 10.3. The van der Waals surface area contributed by atoms with Crippen LogP contribution in [0.25, 0.3) is 0 Å². The summed E-state index contributed by atoms with van der Waals surface area (Å²) in [7, 11) is -3.65. The van der Waals surface area contributed by atoms with Crippen LogP contribution in [0.1, 0.15) is 37.1 Å². The van der Waals surface area contributed by atoms with E-state index in [9.17, 15) is 13.2 Å². The Morgan fingerprint density at radius 2 is 2.04 bits per heavy atom. The predicted molar refractivity (Wildman–Crippen MR) is 91.6 cm³/mol. The van der Waals surface area contributed by atoms with Crippen molar-refractivity contribution in [1.82, 2.24) is 19.7 Å². The van der Waals surface area contributed by atoms with Gasteiger partial charge < -0.3 is 14.7 Å². The number of carbonyl (C=O) groups is 1. The Labute approximate surface area is 148 Å². The van der Waals surface area contributed by atoms with Crippen molar-refractivity contribution in [2.24, 2.45) is 0 Å². The van der Waals surface area contributed by atoms with Crippen LogP contribution in [-0.2, 0) is 14.8 Å². The summed E-state index contributed by atoms with van der Waals surface area (Å²) >= 11 is 0. The van der Waals surface area contributed by atoms with Crippen molar-refractivity contribution in [3.05, 3.63) is 11.5 Å². The normalized spacial score (nSPS) is 23.0. The number of aryl methyl sites for hydroxylation is 2. The molecule has 2 fully saturated rings. The molecule has 8 nitrogen and oxygen atoms in total. The number of hydrogen-bond donors (Lipinski definition) is 1. The van der Waals surface area contributed by atoms with Gasteiger partial charge in [0.15, 0.2) is 5.76 Å². The second kappa shape index (κ2) is 7.43. The molecule has 2 aliphatic heterocycles. The molecule has 25 heavy (non-hydrogen) atoms. The molecule has 9 heteroatoms. The van der Waals surface area contributed by atoms with Crippen LogP contribution in [0, 0.1) is 13.8 Å². The molecule has 0 spiro atoms. The fraction of sp³-hybridized carbons (Fsp3) is 0.750. The van der Waals surface area contributed by atoms with Gasteiger partial charge in [-0.1, -0.05) is 5.16 Å². The van der Waals surface area contributed by atoms with Gasteiger partial charge >= 0.3 is 0 Å². The average Bonchev–Trinajstić information content (AvgIpc) is 3.09. The lowest BCUT2D eigenvalue weighted by Gasteiger charge is -2.23. The number of nitrogens with zero attached hydrogens (tertiary/aromatic N) is 3. The Balaban J connectivity index is 1.66. The summed E-state index contributed by atoms with van der Waals surface area (Å²) in [5, 5.41) is 7.08. The summed E-state index contributed by atoms with van der Waals surface area (Å²) < 4.78 is 32.3. The van der Waals surface area contributed by atoms with Gasteiger partial charge in [0.05, 0.1) is 0 Å². The molecular formula is C16H26N4O4S. The van der Waals surface area contributed by atoms with Gasteiger partial charge in [-0.25, -0.2) is 8.42 Å². The van der Waals surface area contributed by atoms with E-state index in [-0.39, 0.29) is 16.8 Å². The first-order valence-electron chi connectivity index (χ1n) is 8.84. The first kappa shape index (κ1) is 18.3. The third kappa shape index (κ3) is 3.88. The standard InChI is InChI=1S/C16H26N4O4S/c1-12-16(13(2)24-18-12)25(22,23)20-8-4-7-19(9-10-20)15(21)11-14-5-3-6-17-14/h14,17H,3-11H2,1-2H3. The highest BCUT2D eigenvalue weighted by atomic mass is 32.2. The van der Waals surface area contributed by atoms with Crippen LogP contribution in [0.4, 0.5) is 0 Å². The second-order valence-corrected chi connectivity index (χ2v) is 8.66. The zero-order valence-electron chi connectivity index (χ0n) is 14.8. The minimum atomic E-state index is -3.65. The van der Waals surface area contributed by atoms with Gasteiger partial charge in [0.25, 0.3) is 0 Å². The SMILES string of the molecule is Cc1noc(C)c1S(=O)(=O)N1CCCN(C(=O)CC2CCCN2)CC1. The van der Waals surface area contributed by atoms with Gasteiger partial charge in [0, 0.05) is 38.6 Å². The largest absolute Gasteiger partial charge is 0.360 e. The zero-order chi connectivity index (χ0) is 18.0. The maximum atomic E-state index is 12.9. The molecule has 1 aromatic rings. The Bertz CT molecular complexity index is 705. The summed E-state index contributed by atoms with van der Waals surface area (Å²) in [5.41, 5.74) is 0.377. The highest BCUT2D eigenvalue weighted by Crippen LogP contribution is 2.24. The highest BCUT2D eigenvalue weighted by Gasteiger charge is 2.33. The lowest BCUT2D eigenvalue weighted by Crippen LogP contribution is -2.39. The Morgan fingerprint density at radius 1 is 1.24 bits per heavy atom. The number of sulfonamides is 1. The number of hydrogen-bond acceptors (Lipinski definition) is 6. The minimum absolute atomic E-state index is 0.107. The molecule has 1 N–H and O–H groups in total. The maximum absolute atomic E-state index is 12.9. The quantitative estimate of drug-likeness (QED) is 0.836. The van der Waals surface area contributed by atoms with E-state index in [4.69, 9.17) is 4.52 Å². The topological polar surface area (TPSA) is 95.8 Å². The second-order valence-electron chi connectivity index (χ2n) is 6.79. The van der Waals surface area contributed by atoms with Gasteiger partial charge in [0.1, 0.15) is 10.6 Å². The van der Waals surface area contributed by atoms with Crippen molar-refractivity contribution in [2.45, 2.75) is 50.5 Å². The molecule has 0 bridgehead atoms. The van der Waals surface area contributed by atoms with Crippen molar-refractivity contribution >= 4 is 15.9 Å². The molecule has 1 aromatic heterocycles. The lowest BCUT2D eigenvalue weighted by atomic mass is 10.1. The van der Waals surface area contributed by atoms with Gasteiger partial charge in [-0.15, -0.1) is 0 Å². The zero-order valence-corrected chi connectivity index (χ0v) is 15.6. The number of amides is 1. The van der Waals surface area contributed by atoms with E-state index in [0.29, 0.717) is 50.5 Å². The molecule has 1 atom stereocenters. The third-order valence-electron chi connectivity index (χ3n) is 4.96. The van der Waals surface area contributed by atoms with E-state index in [2.05, 4.69) is 10.5 Å². The number of carbonyl (C=O) groups excluding carboxylic acids is 1. The molecule has 1 unspecified atom stereocenters. The lowest BCUT2D eigenvalue weighted by molar-refractivity contribution is -0.131. The summed E-state index contributed by atoms with van der Waals surface area (Å²) in [6.45, 7) is 5.93. The molecule has 0 radical (unpaired) electrons. The van der Waals surface area contributed by atoms with Crippen molar-refractivity contribution in [3.63, 3.8) is 0 Å². The Kier molecular flexibility index (Phi) is 5.45. The smallest absolute Gasteiger partial charge is 0.248 e. The van der Waals surface area contributed by atoms with Crippen molar-refractivity contribution < 1.29 is 17.7 Å².